The monoisotopic (exact) mass is 514 g/mol. The number of amides is 1. The van der Waals surface area contributed by atoms with Crippen molar-refractivity contribution in [1.29, 1.82) is 0 Å². The molecular formula is C22H35IN4O2. The number of benzene rings is 1. The first-order valence-electron chi connectivity index (χ1n) is 10.2. The summed E-state index contributed by atoms with van der Waals surface area (Å²) >= 11 is 0. The molecule has 2 fully saturated rings. The van der Waals surface area contributed by atoms with Gasteiger partial charge in [-0.1, -0.05) is 44.2 Å². The first-order chi connectivity index (χ1) is 13.3. The van der Waals surface area contributed by atoms with Gasteiger partial charge in [0.15, 0.2) is 5.96 Å². The third-order valence-electron chi connectivity index (χ3n) is 6.15. The molecule has 2 N–H and O–H groups in total. The zero-order valence-electron chi connectivity index (χ0n) is 18.1. The molecule has 162 valence electrons. The van der Waals surface area contributed by atoms with Crippen molar-refractivity contribution in [3.63, 3.8) is 0 Å². The fourth-order valence-corrected chi connectivity index (χ4v) is 4.41. The largest absolute Gasteiger partial charge is 0.377 e. The second-order valence-electron chi connectivity index (χ2n) is 8.77. The summed E-state index contributed by atoms with van der Waals surface area (Å²) in [6, 6.07) is 10.6. The van der Waals surface area contributed by atoms with Crippen LogP contribution in [0.3, 0.4) is 0 Å². The van der Waals surface area contributed by atoms with Gasteiger partial charge in [-0.25, -0.2) is 4.99 Å². The molecule has 0 spiro atoms. The number of likely N-dealkylation sites (N-methyl/N-ethyl adjacent to an activating group) is 1. The summed E-state index contributed by atoms with van der Waals surface area (Å²) in [4.78, 5) is 18.2. The van der Waals surface area contributed by atoms with Crippen LogP contribution in [0.5, 0.6) is 0 Å². The summed E-state index contributed by atoms with van der Waals surface area (Å²) in [6.45, 7) is 7.60. The highest BCUT2D eigenvalue weighted by atomic mass is 127. The Hall–Kier alpha value is -1.35. The predicted octanol–water partition coefficient (Wildman–Crippen LogP) is 3.19. The normalized spacial score (nSPS) is 26.2. The van der Waals surface area contributed by atoms with E-state index in [0.29, 0.717) is 18.0 Å². The molecule has 4 unspecified atom stereocenters. The van der Waals surface area contributed by atoms with E-state index in [1.165, 1.54) is 12.0 Å². The first kappa shape index (κ1) is 23.9. The Morgan fingerprint density at radius 3 is 2.66 bits per heavy atom. The number of aliphatic imine (C=N–C) groups is 1. The minimum Gasteiger partial charge on any atom is -0.377 e. The summed E-state index contributed by atoms with van der Waals surface area (Å²) < 4.78 is 6.02. The number of hydrogen-bond donors (Lipinski definition) is 2. The van der Waals surface area contributed by atoms with Gasteiger partial charge in [0.25, 0.3) is 0 Å². The van der Waals surface area contributed by atoms with Gasteiger partial charge in [0, 0.05) is 38.1 Å². The van der Waals surface area contributed by atoms with E-state index in [1.54, 1.807) is 19.0 Å². The lowest BCUT2D eigenvalue weighted by Crippen LogP contribution is -2.71. The predicted molar refractivity (Wildman–Crippen MR) is 128 cm³/mol. The topological polar surface area (TPSA) is 66.0 Å². The molecule has 4 atom stereocenters. The number of nitrogens with zero attached hydrogens (tertiary/aromatic N) is 2. The Bertz CT molecular complexity index is 708. The zero-order valence-corrected chi connectivity index (χ0v) is 20.5. The fourth-order valence-electron chi connectivity index (χ4n) is 4.41. The van der Waals surface area contributed by atoms with Crippen LogP contribution in [0.4, 0.5) is 0 Å². The third kappa shape index (κ3) is 5.42. The standard InChI is InChI=1S/C22H34N4O2.HI/c1-15(16-10-7-6-8-11-16)24-21(23-14-18(27)26(4)5)25-19-17-12-9-13-28-20(17)22(19,2)3;/h6-8,10-11,15,17,19-20H,9,12-14H2,1-5H3,(H2,23,24,25);1H. The summed E-state index contributed by atoms with van der Waals surface area (Å²) in [7, 11) is 3.51. The van der Waals surface area contributed by atoms with Gasteiger partial charge in [-0.3, -0.25) is 4.79 Å². The Morgan fingerprint density at radius 2 is 2.00 bits per heavy atom. The summed E-state index contributed by atoms with van der Waals surface area (Å²) in [5, 5.41) is 7.11. The molecule has 1 aliphatic carbocycles. The van der Waals surface area contributed by atoms with Crippen LogP contribution >= 0.6 is 24.0 Å². The number of fused-ring (bicyclic) bond motifs is 1. The number of rotatable bonds is 5. The van der Waals surface area contributed by atoms with E-state index in [-0.39, 0.29) is 53.9 Å². The molecule has 1 aromatic carbocycles. The van der Waals surface area contributed by atoms with Crippen LogP contribution in [0.15, 0.2) is 35.3 Å². The van der Waals surface area contributed by atoms with Crippen molar-refractivity contribution in [3.05, 3.63) is 35.9 Å². The average Bonchev–Trinajstić information content (AvgIpc) is 2.70. The highest BCUT2D eigenvalue weighted by molar-refractivity contribution is 14.0. The fraction of sp³-hybridized carbons (Fsp3) is 0.636. The van der Waals surface area contributed by atoms with E-state index in [9.17, 15) is 4.79 Å². The summed E-state index contributed by atoms with van der Waals surface area (Å²) in [5.41, 5.74) is 1.22. The molecular weight excluding hydrogens is 479 g/mol. The number of ether oxygens (including phenoxy) is 1. The van der Waals surface area contributed by atoms with Gasteiger partial charge >= 0.3 is 0 Å². The van der Waals surface area contributed by atoms with E-state index in [4.69, 9.17) is 4.74 Å². The van der Waals surface area contributed by atoms with Crippen LogP contribution in [0.2, 0.25) is 0 Å². The minimum atomic E-state index is -0.0137. The van der Waals surface area contributed by atoms with E-state index in [1.807, 2.05) is 18.2 Å². The van der Waals surface area contributed by atoms with Crippen molar-refractivity contribution in [1.82, 2.24) is 15.5 Å². The quantitative estimate of drug-likeness (QED) is 0.360. The lowest BCUT2D eigenvalue weighted by molar-refractivity contribution is -0.188. The van der Waals surface area contributed by atoms with E-state index in [0.717, 1.165) is 13.0 Å². The van der Waals surface area contributed by atoms with Crippen LogP contribution in [0.1, 0.15) is 45.2 Å². The number of carbonyl (C=O) groups excluding carboxylic acids is 1. The number of hydrogen-bond acceptors (Lipinski definition) is 3. The highest BCUT2D eigenvalue weighted by Gasteiger charge is 2.58. The molecule has 0 aromatic heterocycles. The molecule has 3 rings (SSSR count). The molecule has 29 heavy (non-hydrogen) atoms. The molecule has 1 saturated carbocycles. The number of halogens is 1. The van der Waals surface area contributed by atoms with E-state index < -0.39 is 0 Å². The average molecular weight is 514 g/mol. The van der Waals surface area contributed by atoms with Crippen LogP contribution in [-0.4, -0.2) is 56.2 Å². The Kier molecular flexibility index (Phi) is 8.34. The van der Waals surface area contributed by atoms with Gasteiger partial charge in [0.1, 0.15) is 6.54 Å². The van der Waals surface area contributed by atoms with Gasteiger partial charge in [0.2, 0.25) is 5.91 Å². The maximum Gasteiger partial charge on any atom is 0.243 e. The minimum absolute atomic E-state index is 0. The zero-order chi connectivity index (χ0) is 20.3. The van der Waals surface area contributed by atoms with Crippen molar-refractivity contribution in [2.24, 2.45) is 16.3 Å². The van der Waals surface area contributed by atoms with Gasteiger partial charge in [-0.15, -0.1) is 24.0 Å². The first-order valence-corrected chi connectivity index (χ1v) is 10.2. The second-order valence-corrected chi connectivity index (χ2v) is 8.77. The summed E-state index contributed by atoms with van der Waals surface area (Å²) in [6.07, 6.45) is 2.58. The summed E-state index contributed by atoms with van der Waals surface area (Å²) in [5.74, 6) is 1.17. The van der Waals surface area contributed by atoms with Crippen molar-refractivity contribution in [2.75, 3.05) is 27.2 Å². The van der Waals surface area contributed by atoms with E-state index in [2.05, 4.69) is 48.5 Å². The molecule has 1 aliphatic heterocycles. The second kappa shape index (κ2) is 10.1. The Morgan fingerprint density at radius 1 is 1.31 bits per heavy atom. The SMILES string of the molecule is CC(NC(=NCC(=O)N(C)C)NC1C2CCCOC2C1(C)C)c1ccccc1.I. The van der Waals surface area contributed by atoms with Crippen LogP contribution in [0, 0.1) is 11.3 Å². The van der Waals surface area contributed by atoms with E-state index >= 15 is 0 Å². The van der Waals surface area contributed by atoms with Gasteiger partial charge in [-0.2, -0.15) is 0 Å². The molecule has 1 saturated heterocycles. The Labute approximate surface area is 191 Å². The van der Waals surface area contributed by atoms with Crippen molar-refractivity contribution < 1.29 is 9.53 Å². The molecule has 1 aromatic rings. The molecule has 0 bridgehead atoms. The molecule has 6 nitrogen and oxygen atoms in total. The van der Waals surface area contributed by atoms with Crippen LogP contribution < -0.4 is 10.6 Å². The molecule has 0 radical (unpaired) electrons. The maximum atomic E-state index is 12.1. The van der Waals surface area contributed by atoms with Gasteiger partial charge in [-0.05, 0) is 25.3 Å². The lowest BCUT2D eigenvalue weighted by Gasteiger charge is -2.60. The third-order valence-corrected chi connectivity index (χ3v) is 6.15. The molecule has 7 heteroatoms. The maximum absolute atomic E-state index is 12.1. The van der Waals surface area contributed by atoms with Crippen LogP contribution in [-0.2, 0) is 9.53 Å². The smallest absolute Gasteiger partial charge is 0.243 e. The van der Waals surface area contributed by atoms with Gasteiger partial charge in [0.05, 0.1) is 12.1 Å². The van der Waals surface area contributed by atoms with Crippen molar-refractivity contribution in [3.8, 4) is 0 Å². The Balaban J connectivity index is 0.00000300. The molecule has 1 amide bonds. The molecule has 2 aliphatic rings. The van der Waals surface area contributed by atoms with Crippen molar-refractivity contribution >= 4 is 35.8 Å². The van der Waals surface area contributed by atoms with Crippen molar-refractivity contribution in [2.45, 2.75) is 51.8 Å². The lowest BCUT2D eigenvalue weighted by atomic mass is 9.55. The molecule has 1 heterocycles. The number of nitrogens with one attached hydrogen (secondary N) is 2. The van der Waals surface area contributed by atoms with Crippen LogP contribution in [0.25, 0.3) is 0 Å². The highest BCUT2D eigenvalue weighted by Crippen LogP contribution is 2.51. The van der Waals surface area contributed by atoms with Gasteiger partial charge < -0.3 is 20.3 Å². The number of guanidine groups is 1. The number of carbonyl (C=O) groups is 1.